The summed E-state index contributed by atoms with van der Waals surface area (Å²) in [5.41, 5.74) is 2.02. The molecule has 2 aromatic carbocycles. The van der Waals surface area contributed by atoms with Gasteiger partial charge in [0.15, 0.2) is 0 Å². The average molecular weight is 241 g/mol. The molecular weight excluding hydrogens is 222 g/mol. The zero-order chi connectivity index (χ0) is 13.1. The van der Waals surface area contributed by atoms with Gasteiger partial charge in [0.1, 0.15) is 0 Å². The molecule has 0 unspecified atom stereocenters. The predicted octanol–water partition coefficient (Wildman–Crippen LogP) is 3.63. The molecule has 0 N–H and O–H groups in total. The molecule has 0 aliphatic heterocycles. The number of aryl methyl sites for hydroxylation is 1. The van der Waals surface area contributed by atoms with E-state index < -0.39 is 0 Å². The van der Waals surface area contributed by atoms with Crippen molar-refractivity contribution in [3.63, 3.8) is 0 Å². The molecule has 0 aliphatic carbocycles. The molecule has 0 fully saturated rings. The minimum Gasteiger partial charge on any atom is -0.339 e. The number of benzene rings is 2. The lowest BCUT2D eigenvalue weighted by Gasteiger charge is -2.19. The molecule has 0 aliphatic rings. The van der Waals surface area contributed by atoms with Crippen molar-refractivity contribution in [2.45, 2.75) is 20.8 Å². The molecule has 18 heavy (non-hydrogen) atoms. The van der Waals surface area contributed by atoms with Gasteiger partial charge in [-0.05, 0) is 43.2 Å². The molecule has 0 aromatic heterocycles. The molecule has 2 aromatic rings. The van der Waals surface area contributed by atoms with Crippen LogP contribution in [0.2, 0.25) is 0 Å². The summed E-state index contributed by atoms with van der Waals surface area (Å²) in [6.45, 7) is 7.60. The van der Waals surface area contributed by atoms with Crippen LogP contribution in [0, 0.1) is 6.92 Å². The number of hydrogen-bond donors (Lipinski definition) is 0. The second kappa shape index (κ2) is 5.21. The second-order valence-electron chi connectivity index (χ2n) is 4.45. The van der Waals surface area contributed by atoms with Crippen LogP contribution in [0.3, 0.4) is 0 Å². The lowest BCUT2D eigenvalue weighted by atomic mass is 10.00. The van der Waals surface area contributed by atoms with E-state index in [1.165, 1.54) is 5.56 Å². The Balaban J connectivity index is 2.58. The van der Waals surface area contributed by atoms with Crippen LogP contribution >= 0.6 is 0 Å². The average Bonchev–Trinajstić information content (AvgIpc) is 2.40. The molecule has 0 saturated carbocycles. The highest BCUT2D eigenvalue weighted by molar-refractivity contribution is 6.07. The standard InChI is InChI=1S/C16H19NO/c1-4-17(5-2)16(18)15-11-7-9-13-12(3)8-6-10-14(13)15/h6-11H,4-5H2,1-3H3. The topological polar surface area (TPSA) is 20.3 Å². The minimum absolute atomic E-state index is 0.121. The maximum absolute atomic E-state index is 12.5. The first kappa shape index (κ1) is 12.6. The van der Waals surface area contributed by atoms with Crippen LogP contribution in [0.5, 0.6) is 0 Å². The fraction of sp³-hybridized carbons (Fsp3) is 0.312. The molecule has 0 heterocycles. The summed E-state index contributed by atoms with van der Waals surface area (Å²) in [6, 6.07) is 12.1. The van der Waals surface area contributed by atoms with Crippen LogP contribution in [0.1, 0.15) is 29.8 Å². The first-order chi connectivity index (χ1) is 8.69. The van der Waals surface area contributed by atoms with Crippen molar-refractivity contribution in [1.82, 2.24) is 4.90 Å². The Bertz CT molecular complexity index is 570. The van der Waals surface area contributed by atoms with E-state index in [4.69, 9.17) is 0 Å². The van der Waals surface area contributed by atoms with E-state index in [1.54, 1.807) is 0 Å². The normalized spacial score (nSPS) is 10.6. The van der Waals surface area contributed by atoms with Crippen LogP contribution in [0.15, 0.2) is 36.4 Å². The summed E-state index contributed by atoms with van der Waals surface area (Å²) in [4.78, 5) is 14.3. The first-order valence-corrected chi connectivity index (χ1v) is 6.46. The summed E-state index contributed by atoms with van der Waals surface area (Å²) in [5, 5.41) is 2.21. The molecule has 2 heteroatoms. The van der Waals surface area contributed by atoms with Gasteiger partial charge in [-0.3, -0.25) is 4.79 Å². The Labute approximate surface area is 108 Å². The summed E-state index contributed by atoms with van der Waals surface area (Å²) in [5.74, 6) is 0.121. The summed E-state index contributed by atoms with van der Waals surface area (Å²) in [6.07, 6.45) is 0. The molecular formula is C16H19NO. The van der Waals surface area contributed by atoms with Crippen molar-refractivity contribution < 1.29 is 4.79 Å². The smallest absolute Gasteiger partial charge is 0.254 e. The van der Waals surface area contributed by atoms with E-state index in [-0.39, 0.29) is 5.91 Å². The molecule has 94 valence electrons. The molecule has 0 bridgehead atoms. The number of carbonyl (C=O) groups is 1. The highest BCUT2D eigenvalue weighted by Gasteiger charge is 2.15. The van der Waals surface area contributed by atoms with Crippen LogP contribution in [0.4, 0.5) is 0 Å². The van der Waals surface area contributed by atoms with Crippen LogP contribution in [0.25, 0.3) is 10.8 Å². The highest BCUT2D eigenvalue weighted by Crippen LogP contribution is 2.23. The van der Waals surface area contributed by atoms with Crippen molar-refractivity contribution >= 4 is 16.7 Å². The summed E-state index contributed by atoms with van der Waals surface area (Å²) in [7, 11) is 0. The van der Waals surface area contributed by atoms with Crippen LogP contribution in [-0.2, 0) is 0 Å². The molecule has 2 rings (SSSR count). The lowest BCUT2D eigenvalue weighted by molar-refractivity contribution is 0.0775. The summed E-state index contributed by atoms with van der Waals surface area (Å²) >= 11 is 0. The van der Waals surface area contributed by atoms with Crippen molar-refractivity contribution in [3.05, 3.63) is 47.5 Å². The SMILES string of the molecule is CCN(CC)C(=O)c1cccc2c(C)cccc12. The van der Waals surface area contributed by atoms with Crippen molar-refractivity contribution in [1.29, 1.82) is 0 Å². The number of hydrogen-bond acceptors (Lipinski definition) is 1. The zero-order valence-corrected chi connectivity index (χ0v) is 11.2. The van der Waals surface area contributed by atoms with Crippen molar-refractivity contribution in [3.8, 4) is 0 Å². The van der Waals surface area contributed by atoms with Crippen molar-refractivity contribution in [2.24, 2.45) is 0 Å². The number of nitrogens with zero attached hydrogens (tertiary/aromatic N) is 1. The third-order valence-electron chi connectivity index (χ3n) is 3.42. The van der Waals surface area contributed by atoms with Crippen molar-refractivity contribution in [2.75, 3.05) is 13.1 Å². The molecule has 0 saturated heterocycles. The van der Waals surface area contributed by atoms with E-state index in [2.05, 4.69) is 19.1 Å². The quantitative estimate of drug-likeness (QED) is 0.803. The third-order valence-corrected chi connectivity index (χ3v) is 3.42. The lowest BCUT2D eigenvalue weighted by Crippen LogP contribution is -2.30. The Hall–Kier alpha value is -1.83. The number of carbonyl (C=O) groups excluding carboxylic acids is 1. The van der Waals surface area contributed by atoms with Crippen LogP contribution in [-0.4, -0.2) is 23.9 Å². The fourth-order valence-corrected chi connectivity index (χ4v) is 2.33. The molecule has 0 spiro atoms. The van der Waals surface area contributed by atoms with Gasteiger partial charge in [0.2, 0.25) is 0 Å². The monoisotopic (exact) mass is 241 g/mol. The number of amides is 1. The molecule has 0 radical (unpaired) electrons. The Kier molecular flexibility index (Phi) is 3.66. The van der Waals surface area contributed by atoms with Gasteiger partial charge >= 0.3 is 0 Å². The second-order valence-corrected chi connectivity index (χ2v) is 4.45. The van der Waals surface area contributed by atoms with Gasteiger partial charge in [-0.25, -0.2) is 0 Å². The van der Waals surface area contributed by atoms with Gasteiger partial charge in [-0.2, -0.15) is 0 Å². The highest BCUT2D eigenvalue weighted by atomic mass is 16.2. The molecule has 1 amide bonds. The van der Waals surface area contributed by atoms with E-state index >= 15 is 0 Å². The van der Waals surface area contributed by atoms with Gasteiger partial charge < -0.3 is 4.90 Å². The van der Waals surface area contributed by atoms with Gasteiger partial charge in [-0.15, -0.1) is 0 Å². The molecule has 0 atom stereocenters. The van der Waals surface area contributed by atoms with E-state index in [0.717, 1.165) is 29.4 Å². The van der Waals surface area contributed by atoms with Gasteiger partial charge in [0.05, 0.1) is 0 Å². The summed E-state index contributed by atoms with van der Waals surface area (Å²) < 4.78 is 0. The minimum atomic E-state index is 0.121. The predicted molar refractivity (Wildman–Crippen MR) is 75.9 cm³/mol. The van der Waals surface area contributed by atoms with Gasteiger partial charge in [0, 0.05) is 18.7 Å². The maximum Gasteiger partial charge on any atom is 0.254 e. The Morgan fingerprint density at radius 3 is 2.28 bits per heavy atom. The van der Waals surface area contributed by atoms with Crippen LogP contribution < -0.4 is 0 Å². The van der Waals surface area contributed by atoms with E-state index in [1.807, 2.05) is 43.0 Å². The Morgan fingerprint density at radius 1 is 1.00 bits per heavy atom. The fourth-order valence-electron chi connectivity index (χ4n) is 2.33. The van der Waals surface area contributed by atoms with Gasteiger partial charge in [0.25, 0.3) is 5.91 Å². The third kappa shape index (κ3) is 2.10. The molecule has 2 nitrogen and oxygen atoms in total. The van der Waals surface area contributed by atoms with E-state index in [0.29, 0.717) is 0 Å². The largest absolute Gasteiger partial charge is 0.339 e. The number of fused-ring (bicyclic) bond motifs is 1. The zero-order valence-electron chi connectivity index (χ0n) is 11.2. The Morgan fingerprint density at radius 2 is 1.61 bits per heavy atom. The first-order valence-electron chi connectivity index (χ1n) is 6.46. The number of rotatable bonds is 3. The maximum atomic E-state index is 12.5. The van der Waals surface area contributed by atoms with E-state index in [9.17, 15) is 4.79 Å². The van der Waals surface area contributed by atoms with Gasteiger partial charge in [-0.1, -0.05) is 30.3 Å².